The first-order valence-corrected chi connectivity index (χ1v) is 6.64. The Balaban J connectivity index is 0.00000133. The molecule has 1 aliphatic carbocycles. The van der Waals surface area contributed by atoms with Gasteiger partial charge in [-0.25, -0.2) is 9.97 Å². The number of hydrogen-bond donors (Lipinski definition) is 1. The van der Waals surface area contributed by atoms with Gasteiger partial charge in [-0.05, 0) is 12.8 Å². The average Bonchev–Trinajstić information content (AvgIpc) is 2.19. The molecular formula is C14H23N3O. The summed E-state index contributed by atoms with van der Waals surface area (Å²) in [6.07, 6.45) is 4.08. The lowest BCUT2D eigenvalue weighted by Gasteiger charge is -2.53. The molecule has 100 valence electrons. The van der Waals surface area contributed by atoms with Crippen LogP contribution in [0.25, 0.3) is 0 Å². The predicted octanol–water partition coefficient (Wildman–Crippen LogP) is 2.61. The van der Waals surface area contributed by atoms with Crippen molar-refractivity contribution in [1.82, 2.24) is 9.97 Å². The van der Waals surface area contributed by atoms with E-state index in [1.165, 1.54) is 12.8 Å². The Hall–Kier alpha value is -1.16. The van der Waals surface area contributed by atoms with Crippen molar-refractivity contribution in [2.45, 2.75) is 45.1 Å². The first-order chi connectivity index (χ1) is 8.47. The summed E-state index contributed by atoms with van der Waals surface area (Å²) in [5.74, 6) is 0.954. The minimum Gasteiger partial charge on any atom is -0.380 e. The summed E-state index contributed by atoms with van der Waals surface area (Å²) in [5, 5.41) is 3.51. The van der Waals surface area contributed by atoms with Gasteiger partial charge in [0.2, 0.25) is 0 Å². The minimum atomic E-state index is 0. The second kappa shape index (κ2) is 3.92. The molecule has 0 atom stereocenters. The Morgan fingerprint density at radius 2 is 2.06 bits per heavy atom. The summed E-state index contributed by atoms with van der Waals surface area (Å²) in [7, 11) is 0. The molecule has 2 fully saturated rings. The van der Waals surface area contributed by atoms with Gasteiger partial charge in [0.25, 0.3) is 0 Å². The van der Waals surface area contributed by atoms with Gasteiger partial charge in [-0.2, -0.15) is 0 Å². The Bertz CT molecular complexity index is 446. The zero-order valence-corrected chi connectivity index (χ0v) is 11.4. The molecule has 18 heavy (non-hydrogen) atoms. The summed E-state index contributed by atoms with van der Waals surface area (Å²) >= 11 is 0. The molecule has 1 N–H and O–H groups in total. The van der Waals surface area contributed by atoms with E-state index >= 15 is 0 Å². The molecule has 4 heteroatoms. The average molecular weight is 249 g/mol. The number of nitrogens with one attached hydrogen (secondary N) is 1. The molecule has 2 aliphatic rings. The SMILES string of the molecule is CC(C)(C)c1cc(NC2CC3(COC3)C2)ncn1.[HH]. The van der Waals surface area contributed by atoms with E-state index in [-0.39, 0.29) is 6.84 Å². The molecule has 1 aromatic heterocycles. The van der Waals surface area contributed by atoms with Crippen LogP contribution in [0.1, 0.15) is 40.7 Å². The molecule has 0 bridgehead atoms. The molecule has 4 nitrogen and oxygen atoms in total. The number of hydrogen-bond acceptors (Lipinski definition) is 4. The van der Waals surface area contributed by atoms with Gasteiger partial charge >= 0.3 is 0 Å². The zero-order chi connectivity index (χ0) is 12.8. The van der Waals surface area contributed by atoms with Crippen molar-refractivity contribution >= 4 is 5.82 Å². The lowest BCUT2D eigenvalue weighted by molar-refractivity contribution is -0.159. The van der Waals surface area contributed by atoms with Gasteiger partial charge < -0.3 is 10.1 Å². The normalized spacial score (nSPS) is 22.4. The van der Waals surface area contributed by atoms with Gasteiger partial charge in [0, 0.05) is 24.4 Å². The number of aromatic nitrogens is 2. The highest BCUT2D eigenvalue weighted by atomic mass is 16.5. The molecule has 0 radical (unpaired) electrons. The maximum absolute atomic E-state index is 5.29. The van der Waals surface area contributed by atoms with Crippen LogP contribution in [0.5, 0.6) is 0 Å². The summed E-state index contributed by atoms with van der Waals surface area (Å²) in [6, 6.07) is 2.62. The van der Waals surface area contributed by atoms with Crippen molar-refractivity contribution in [2.24, 2.45) is 5.41 Å². The van der Waals surface area contributed by atoms with Gasteiger partial charge in [0.05, 0.1) is 18.9 Å². The van der Waals surface area contributed by atoms with Crippen LogP contribution in [0, 0.1) is 5.41 Å². The van der Waals surface area contributed by atoms with Crippen molar-refractivity contribution in [2.75, 3.05) is 18.5 Å². The third-order valence-electron chi connectivity index (χ3n) is 3.96. The monoisotopic (exact) mass is 249 g/mol. The topological polar surface area (TPSA) is 47.0 Å². The van der Waals surface area contributed by atoms with Gasteiger partial charge in [-0.15, -0.1) is 0 Å². The van der Waals surface area contributed by atoms with Crippen LogP contribution in [0.2, 0.25) is 0 Å². The summed E-state index contributed by atoms with van der Waals surface area (Å²) < 4.78 is 5.29. The lowest BCUT2D eigenvalue weighted by Crippen LogP contribution is -2.56. The molecule has 0 amide bonds. The van der Waals surface area contributed by atoms with Crippen molar-refractivity contribution in [3.63, 3.8) is 0 Å². The van der Waals surface area contributed by atoms with E-state index in [0.717, 1.165) is 24.7 Å². The van der Waals surface area contributed by atoms with Gasteiger partial charge in [0.1, 0.15) is 12.1 Å². The second-order valence-electron chi connectivity index (χ2n) is 6.78. The maximum Gasteiger partial charge on any atom is 0.129 e. The van der Waals surface area contributed by atoms with Crippen molar-refractivity contribution in [3.05, 3.63) is 18.1 Å². The first-order valence-electron chi connectivity index (χ1n) is 6.64. The van der Waals surface area contributed by atoms with E-state index < -0.39 is 0 Å². The third-order valence-corrected chi connectivity index (χ3v) is 3.96. The molecule has 0 aromatic carbocycles. The zero-order valence-electron chi connectivity index (χ0n) is 11.4. The molecule has 1 spiro atoms. The van der Waals surface area contributed by atoms with E-state index in [9.17, 15) is 0 Å². The Morgan fingerprint density at radius 1 is 1.33 bits per heavy atom. The van der Waals surface area contributed by atoms with Gasteiger partial charge in [-0.1, -0.05) is 20.8 Å². The number of anilines is 1. The fourth-order valence-electron chi connectivity index (χ4n) is 2.77. The van der Waals surface area contributed by atoms with Crippen LogP contribution in [0.3, 0.4) is 0 Å². The quantitative estimate of drug-likeness (QED) is 0.875. The van der Waals surface area contributed by atoms with Crippen molar-refractivity contribution in [1.29, 1.82) is 0 Å². The number of rotatable bonds is 2. The summed E-state index contributed by atoms with van der Waals surface area (Å²) in [4.78, 5) is 8.66. The molecule has 3 rings (SSSR count). The highest BCUT2D eigenvalue weighted by Gasteiger charge is 2.49. The highest BCUT2D eigenvalue weighted by molar-refractivity contribution is 5.39. The smallest absolute Gasteiger partial charge is 0.129 e. The fraction of sp³-hybridized carbons (Fsp3) is 0.714. The summed E-state index contributed by atoms with van der Waals surface area (Å²) in [6.45, 7) is 8.40. The number of nitrogens with zero attached hydrogens (tertiary/aromatic N) is 2. The molecule has 1 aliphatic heterocycles. The molecule has 2 heterocycles. The van der Waals surface area contributed by atoms with E-state index in [2.05, 4.69) is 42.1 Å². The van der Waals surface area contributed by atoms with Crippen LogP contribution < -0.4 is 5.32 Å². The lowest BCUT2D eigenvalue weighted by atomic mass is 9.64. The Kier molecular flexibility index (Phi) is 2.59. The highest BCUT2D eigenvalue weighted by Crippen LogP contribution is 2.47. The fourth-order valence-corrected chi connectivity index (χ4v) is 2.77. The molecule has 1 aromatic rings. The van der Waals surface area contributed by atoms with Crippen LogP contribution in [-0.2, 0) is 10.2 Å². The van der Waals surface area contributed by atoms with E-state index in [1.807, 2.05) is 0 Å². The number of ether oxygens (including phenoxy) is 1. The van der Waals surface area contributed by atoms with Crippen LogP contribution >= 0.6 is 0 Å². The third kappa shape index (κ3) is 2.09. The largest absolute Gasteiger partial charge is 0.380 e. The molecular weight excluding hydrogens is 226 g/mol. The molecule has 0 unspecified atom stereocenters. The minimum absolute atomic E-state index is 0. The predicted molar refractivity (Wildman–Crippen MR) is 72.7 cm³/mol. The molecule has 1 saturated heterocycles. The Morgan fingerprint density at radius 3 is 2.61 bits per heavy atom. The van der Waals surface area contributed by atoms with E-state index in [1.54, 1.807) is 6.33 Å². The summed E-state index contributed by atoms with van der Waals surface area (Å²) in [5.41, 5.74) is 1.65. The Labute approximate surface area is 110 Å². The standard InChI is InChI=1S/C14H21N3O.H2/c1-13(2,3)11-4-12(16-9-15-11)17-10-5-14(6-10)7-18-8-14;/h4,9-10H,5-8H2,1-3H3,(H,15,16,17);1H. The van der Waals surface area contributed by atoms with Crippen LogP contribution in [0.15, 0.2) is 12.4 Å². The second-order valence-corrected chi connectivity index (χ2v) is 6.78. The van der Waals surface area contributed by atoms with E-state index in [4.69, 9.17) is 4.74 Å². The van der Waals surface area contributed by atoms with Crippen LogP contribution in [-0.4, -0.2) is 29.2 Å². The first kappa shape index (κ1) is 11.9. The van der Waals surface area contributed by atoms with Gasteiger partial charge in [-0.3, -0.25) is 0 Å². The maximum atomic E-state index is 5.29. The van der Waals surface area contributed by atoms with E-state index in [0.29, 0.717) is 11.5 Å². The molecule has 1 saturated carbocycles. The van der Waals surface area contributed by atoms with Crippen LogP contribution in [0.4, 0.5) is 5.82 Å². The van der Waals surface area contributed by atoms with Crippen molar-refractivity contribution < 1.29 is 6.16 Å². The van der Waals surface area contributed by atoms with Gasteiger partial charge in [0.15, 0.2) is 0 Å². The van der Waals surface area contributed by atoms with Crippen molar-refractivity contribution in [3.8, 4) is 0 Å².